The first kappa shape index (κ1) is 9.79. The van der Waals surface area contributed by atoms with Gasteiger partial charge in [0, 0.05) is 11.9 Å². The van der Waals surface area contributed by atoms with Crippen molar-refractivity contribution in [3.63, 3.8) is 0 Å². The lowest BCUT2D eigenvalue weighted by atomic mass is 10.5. The minimum absolute atomic E-state index is 0.276. The Balaban J connectivity index is 2.41. The van der Waals surface area contributed by atoms with Crippen molar-refractivity contribution in [3.05, 3.63) is 12.3 Å². The van der Waals surface area contributed by atoms with Crippen molar-refractivity contribution in [2.24, 2.45) is 5.73 Å². The Morgan fingerprint density at radius 3 is 3.08 bits per heavy atom. The third kappa shape index (κ3) is 3.75. The van der Waals surface area contributed by atoms with Crippen LogP contribution in [0.5, 0.6) is 5.88 Å². The zero-order chi connectivity index (χ0) is 9.68. The van der Waals surface area contributed by atoms with Crippen LogP contribution in [0.15, 0.2) is 17.4 Å². The Bertz CT molecular complexity index is 304. The summed E-state index contributed by atoms with van der Waals surface area (Å²) in [6.07, 6.45) is 2.03. The minimum Gasteiger partial charge on any atom is -0.859 e. The normalized spacial score (nSPS) is 9.85. The lowest BCUT2D eigenvalue weighted by Gasteiger charge is -2.03. The monoisotopic (exact) mass is 198 g/mol. The van der Waals surface area contributed by atoms with E-state index in [1.807, 2.05) is 0 Å². The topological polar surface area (TPSA) is 100 Å². The molecule has 0 atom stereocenters. The van der Waals surface area contributed by atoms with Crippen LogP contribution in [-0.4, -0.2) is 21.6 Å². The highest BCUT2D eigenvalue weighted by Gasteiger charge is 1.99. The summed E-state index contributed by atoms with van der Waals surface area (Å²) in [6.45, 7) is 0. The lowest BCUT2D eigenvalue weighted by molar-refractivity contribution is -0.275. The Labute approximate surface area is 79.9 Å². The van der Waals surface area contributed by atoms with Crippen molar-refractivity contribution in [2.45, 2.75) is 11.6 Å². The molecule has 70 valence electrons. The fourth-order valence-corrected chi connectivity index (χ4v) is 1.47. The van der Waals surface area contributed by atoms with Gasteiger partial charge >= 0.3 is 0 Å². The molecule has 0 saturated heterocycles. The number of thioether (sulfide) groups is 1. The molecule has 0 spiro atoms. The average Bonchev–Trinajstić information content (AvgIpc) is 2.03. The molecule has 1 rings (SSSR count). The van der Waals surface area contributed by atoms with E-state index in [2.05, 4.69) is 9.97 Å². The van der Waals surface area contributed by atoms with Gasteiger partial charge in [-0.1, -0.05) is 11.8 Å². The van der Waals surface area contributed by atoms with Crippen LogP contribution in [0.3, 0.4) is 0 Å². The Kier molecular flexibility index (Phi) is 3.51. The first-order valence-electron chi connectivity index (χ1n) is 3.68. The van der Waals surface area contributed by atoms with Crippen molar-refractivity contribution in [3.8, 4) is 5.88 Å². The van der Waals surface area contributed by atoms with Gasteiger partial charge < -0.3 is 5.11 Å². The highest BCUT2D eigenvalue weighted by Crippen LogP contribution is 2.13. The molecule has 0 aliphatic rings. The molecule has 0 aliphatic carbocycles. The number of rotatable bonds is 4. The highest BCUT2D eigenvalue weighted by molar-refractivity contribution is 7.99. The number of hydrogen-bond acceptors (Lipinski definition) is 4. The first-order valence-corrected chi connectivity index (χ1v) is 4.66. The average molecular weight is 198 g/mol. The van der Waals surface area contributed by atoms with Crippen LogP contribution in [0, 0.1) is 0 Å². The van der Waals surface area contributed by atoms with Gasteiger partial charge in [-0.25, -0.2) is 9.97 Å². The number of amidine groups is 1. The molecule has 0 aromatic carbocycles. The van der Waals surface area contributed by atoms with Gasteiger partial charge in [0.1, 0.15) is 0 Å². The second kappa shape index (κ2) is 4.66. The number of hydrogen-bond donors (Lipinski definition) is 2. The van der Waals surface area contributed by atoms with Gasteiger partial charge in [-0.3, -0.25) is 11.1 Å². The van der Waals surface area contributed by atoms with Crippen LogP contribution in [-0.2, 0) is 0 Å². The number of nitrogens with two attached hydrogens (primary N) is 2. The van der Waals surface area contributed by atoms with Crippen LogP contribution in [0.25, 0.3) is 0 Å². The second-order valence-corrected chi connectivity index (χ2v) is 3.41. The van der Waals surface area contributed by atoms with E-state index in [0.29, 0.717) is 23.2 Å². The maximum Gasteiger partial charge on any atom is 0.239 e. The van der Waals surface area contributed by atoms with Gasteiger partial charge in [-0.15, -0.1) is 0 Å². The number of aromatic nitrogens is 2. The van der Waals surface area contributed by atoms with Gasteiger partial charge in [0.15, 0.2) is 5.16 Å². The molecule has 0 amide bonds. The molecule has 0 aliphatic heterocycles. The Morgan fingerprint density at radius 1 is 1.69 bits per heavy atom. The molecule has 0 fully saturated rings. The third-order valence-corrected chi connectivity index (χ3v) is 2.09. The summed E-state index contributed by atoms with van der Waals surface area (Å²) in [5.41, 5.74) is 5.27. The fourth-order valence-electron chi connectivity index (χ4n) is 0.655. The van der Waals surface area contributed by atoms with Crippen molar-refractivity contribution in [2.75, 3.05) is 5.75 Å². The van der Waals surface area contributed by atoms with E-state index >= 15 is 0 Å². The van der Waals surface area contributed by atoms with Crippen molar-refractivity contribution < 1.29 is 10.5 Å². The molecule has 0 bridgehead atoms. The maximum atomic E-state index is 10.8. The minimum atomic E-state index is -0.276. The molecular weight excluding hydrogens is 188 g/mol. The van der Waals surface area contributed by atoms with E-state index in [1.165, 1.54) is 24.0 Å². The summed E-state index contributed by atoms with van der Waals surface area (Å²) >= 11 is 1.36. The second-order valence-electron chi connectivity index (χ2n) is 2.35. The van der Waals surface area contributed by atoms with Crippen molar-refractivity contribution >= 4 is 17.6 Å². The molecule has 1 heterocycles. The Morgan fingerprint density at radius 2 is 2.46 bits per heavy atom. The van der Waals surface area contributed by atoms with E-state index < -0.39 is 0 Å². The van der Waals surface area contributed by atoms with Gasteiger partial charge in [0.25, 0.3) is 0 Å². The predicted octanol–water partition coefficient (Wildman–Crippen LogP) is -1.85. The van der Waals surface area contributed by atoms with E-state index in [-0.39, 0.29) is 5.88 Å². The maximum absolute atomic E-state index is 10.8. The molecule has 1 aromatic heterocycles. The molecular formula is C7H10N4OS. The molecule has 4 N–H and O–H groups in total. The van der Waals surface area contributed by atoms with Gasteiger partial charge in [-0.05, 0) is 11.9 Å². The van der Waals surface area contributed by atoms with Crippen LogP contribution in [0.4, 0.5) is 0 Å². The van der Waals surface area contributed by atoms with Crippen LogP contribution >= 0.6 is 11.8 Å². The summed E-state index contributed by atoms with van der Waals surface area (Å²) < 4.78 is 0. The zero-order valence-corrected chi connectivity index (χ0v) is 7.75. The van der Waals surface area contributed by atoms with E-state index in [1.54, 1.807) is 0 Å². The van der Waals surface area contributed by atoms with E-state index in [9.17, 15) is 5.11 Å². The van der Waals surface area contributed by atoms with Gasteiger partial charge in [0.05, 0.1) is 6.42 Å². The van der Waals surface area contributed by atoms with Crippen LogP contribution in [0.2, 0.25) is 0 Å². The lowest BCUT2D eigenvalue weighted by Crippen LogP contribution is -2.45. The van der Waals surface area contributed by atoms with Crippen molar-refractivity contribution in [1.82, 2.24) is 9.97 Å². The largest absolute Gasteiger partial charge is 0.859 e. The molecule has 5 nitrogen and oxygen atoms in total. The van der Waals surface area contributed by atoms with Gasteiger partial charge in [-0.2, -0.15) is 0 Å². The SMILES string of the molecule is NC(=[NH2+])CCSc1nccc([O-])n1. The molecule has 1 aromatic rings. The molecule has 0 unspecified atom stereocenters. The predicted molar refractivity (Wildman–Crippen MR) is 47.9 cm³/mol. The summed E-state index contributed by atoms with van der Waals surface area (Å²) in [4.78, 5) is 7.57. The summed E-state index contributed by atoms with van der Waals surface area (Å²) in [5, 5.41) is 16.5. The molecule has 6 heteroatoms. The smallest absolute Gasteiger partial charge is 0.239 e. The number of nitrogens with zero attached hydrogens (tertiary/aromatic N) is 2. The highest BCUT2D eigenvalue weighted by atomic mass is 32.2. The Hall–Kier alpha value is -1.30. The quantitative estimate of drug-likeness (QED) is 0.256. The van der Waals surface area contributed by atoms with Gasteiger partial charge in [0.2, 0.25) is 5.84 Å². The van der Waals surface area contributed by atoms with E-state index in [4.69, 9.17) is 11.1 Å². The van der Waals surface area contributed by atoms with Crippen LogP contribution in [0.1, 0.15) is 6.42 Å². The zero-order valence-electron chi connectivity index (χ0n) is 6.93. The third-order valence-electron chi connectivity index (χ3n) is 1.23. The summed E-state index contributed by atoms with van der Waals surface area (Å²) in [7, 11) is 0. The van der Waals surface area contributed by atoms with E-state index in [0.717, 1.165) is 0 Å². The summed E-state index contributed by atoms with van der Waals surface area (Å²) in [6, 6.07) is 1.31. The molecule has 13 heavy (non-hydrogen) atoms. The van der Waals surface area contributed by atoms with Crippen LogP contribution < -0.4 is 16.2 Å². The summed E-state index contributed by atoms with van der Waals surface area (Å²) in [5.74, 6) is 0.791. The molecule has 0 radical (unpaired) electrons. The molecule has 0 saturated carbocycles. The standard InChI is InChI=1S/C7H10N4OS/c8-5(9)2-4-13-7-10-3-1-6(12)11-7/h1,3H,2,4H2,(H3,8,9)(H,10,11,12). The fraction of sp³-hybridized carbons (Fsp3) is 0.286. The first-order chi connectivity index (χ1) is 6.18. The van der Waals surface area contributed by atoms with Crippen molar-refractivity contribution in [1.29, 1.82) is 0 Å².